The number of nitrogens with one attached hydrogen (secondary N) is 2. The van der Waals surface area contributed by atoms with Crippen LogP contribution in [0.25, 0.3) is 11.0 Å². The van der Waals surface area contributed by atoms with E-state index in [2.05, 4.69) is 20.2 Å². The highest BCUT2D eigenvalue weighted by Gasteiger charge is 2.30. The van der Waals surface area contributed by atoms with Crippen molar-refractivity contribution in [1.82, 2.24) is 29.1 Å². The number of hydrogen-bond donors (Lipinski definition) is 2. The Kier molecular flexibility index (Phi) is 6.71. The lowest BCUT2D eigenvalue weighted by molar-refractivity contribution is 0.0815. The summed E-state index contributed by atoms with van der Waals surface area (Å²) in [6.45, 7) is 1.49. The molecule has 10 nitrogen and oxygen atoms in total. The quantitative estimate of drug-likeness (QED) is 0.501. The van der Waals surface area contributed by atoms with Gasteiger partial charge in [-0.2, -0.15) is 9.29 Å². The van der Waals surface area contributed by atoms with E-state index < -0.39 is 10.0 Å². The first-order chi connectivity index (χ1) is 17.3. The lowest BCUT2D eigenvalue weighted by Crippen LogP contribution is -2.38. The van der Waals surface area contributed by atoms with E-state index in [4.69, 9.17) is 4.98 Å². The van der Waals surface area contributed by atoms with Crippen LogP contribution in [0, 0.1) is 0 Å². The van der Waals surface area contributed by atoms with Crippen LogP contribution in [0.5, 0.6) is 0 Å². The first kappa shape index (κ1) is 24.7. The molecule has 1 aliphatic carbocycles. The first-order valence-corrected chi connectivity index (χ1v) is 13.8. The molecule has 2 fully saturated rings. The zero-order valence-corrected chi connectivity index (χ0v) is 21.8. The van der Waals surface area contributed by atoms with Crippen LogP contribution in [-0.4, -0.2) is 78.3 Å². The highest BCUT2D eigenvalue weighted by Crippen LogP contribution is 2.35. The lowest BCUT2D eigenvalue weighted by Gasteiger charge is -2.23. The van der Waals surface area contributed by atoms with Gasteiger partial charge >= 0.3 is 0 Å². The van der Waals surface area contributed by atoms with Crippen molar-refractivity contribution < 1.29 is 13.2 Å². The number of carbonyl (C=O) groups is 1. The van der Waals surface area contributed by atoms with E-state index >= 15 is 0 Å². The fourth-order valence-electron chi connectivity index (χ4n) is 5.15. The van der Waals surface area contributed by atoms with Gasteiger partial charge in [-0.25, -0.2) is 13.4 Å². The minimum Gasteiger partial charge on any atom is -0.343 e. The van der Waals surface area contributed by atoms with Gasteiger partial charge in [-0.3, -0.25) is 4.79 Å². The Balaban J connectivity index is 1.41. The van der Waals surface area contributed by atoms with Crippen LogP contribution in [0.1, 0.15) is 48.6 Å². The third-order valence-electron chi connectivity index (χ3n) is 7.23. The molecule has 3 aromatic rings. The molecule has 1 aliphatic heterocycles. The minimum absolute atomic E-state index is 0.0340. The zero-order chi connectivity index (χ0) is 25.4. The molecule has 1 saturated heterocycles. The molecule has 11 heteroatoms. The van der Waals surface area contributed by atoms with Crippen molar-refractivity contribution in [2.45, 2.75) is 49.1 Å². The standard InChI is InChI=1S/C25H33N7O3S/c1-30(2)24(33)22-14-17-15-27-25(29-23(17)32(22)19-6-4-5-7-19)28-18-8-10-21(11-9-18)36(34,35)31(3)20-12-13-26-16-20/h8-11,14-15,19-20,26H,4-7,12-13,16H2,1-3H3,(H,27,28,29). The van der Waals surface area contributed by atoms with E-state index in [1.165, 1.54) is 4.31 Å². The summed E-state index contributed by atoms with van der Waals surface area (Å²) in [7, 11) is 1.57. The van der Waals surface area contributed by atoms with Crippen molar-refractivity contribution in [3.63, 3.8) is 0 Å². The predicted octanol–water partition coefficient (Wildman–Crippen LogP) is 2.97. The highest BCUT2D eigenvalue weighted by molar-refractivity contribution is 7.89. The third kappa shape index (κ3) is 4.58. The van der Waals surface area contributed by atoms with Gasteiger partial charge in [0.2, 0.25) is 16.0 Å². The molecule has 1 amide bonds. The second-order valence-corrected chi connectivity index (χ2v) is 11.8. The molecule has 0 spiro atoms. The van der Waals surface area contributed by atoms with Gasteiger partial charge in [-0.15, -0.1) is 0 Å². The third-order valence-corrected chi connectivity index (χ3v) is 9.15. The maximum atomic E-state index is 13.0. The number of fused-ring (bicyclic) bond motifs is 1. The molecule has 5 rings (SSSR count). The van der Waals surface area contributed by atoms with Crippen LogP contribution in [0.4, 0.5) is 11.6 Å². The average molecular weight is 512 g/mol. The molecular formula is C25H33N7O3S. The molecule has 0 radical (unpaired) electrons. The number of benzene rings is 1. The predicted molar refractivity (Wildman–Crippen MR) is 139 cm³/mol. The Morgan fingerprint density at radius 3 is 2.47 bits per heavy atom. The maximum Gasteiger partial charge on any atom is 0.270 e. The molecule has 2 aliphatic rings. The second-order valence-electron chi connectivity index (χ2n) is 9.83. The van der Waals surface area contributed by atoms with Gasteiger partial charge in [0.25, 0.3) is 5.91 Å². The molecule has 2 aromatic heterocycles. The molecule has 1 saturated carbocycles. The summed E-state index contributed by atoms with van der Waals surface area (Å²) in [5.74, 6) is 0.345. The van der Waals surface area contributed by atoms with Crippen molar-refractivity contribution >= 4 is 38.6 Å². The van der Waals surface area contributed by atoms with Gasteiger partial charge < -0.3 is 20.1 Å². The number of sulfonamides is 1. The van der Waals surface area contributed by atoms with Crippen LogP contribution < -0.4 is 10.6 Å². The molecule has 1 aromatic carbocycles. The van der Waals surface area contributed by atoms with Gasteiger partial charge in [0.05, 0.1) is 4.90 Å². The van der Waals surface area contributed by atoms with Crippen LogP contribution in [0.3, 0.4) is 0 Å². The lowest BCUT2D eigenvalue weighted by atomic mass is 10.2. The van der Waals surface area contributed by atoms with E-state index in [9.17, 15) is 13.2 Å². The van der Waals surface area contributed by atoms with Gasteiger partial charge in [-0.1, -0.05) is 12.8 Å². The molecule has 1 unspecified atom stereocenters. The first-order valence-electron chi connectivity index (χ1n) is 12.4. The molecule has 1 atom stereocenters. The van der Waals surface area contributed by atoms with E-state index in [0.29, 0.717) is 23.9 Å². The number of amides is 1. The second kappa shape index (κ2) is 9.79. The molecular weight excluding hydrogens is 478 g/mol. The highest BCUT2D eigenvalue weighted by atomic mass is 32.2. The topological polar surface area (TPSA) is 112 Å². The Labute approximate surface area is 211 Å². The van der Waals surface area contributed by atoms with Crippen LogP contribution in [0.2, 0.25) is 0 Å². The van der Waals surface area contributed by atoms with Gasteiger partial charge in [0, 0.05) is 57.0 Å². The van der Waals surface area contributed by atoms with Gasteiger partial charge in [-0.05, 0) is 56.1 Å². The van der Waals surface area contributed by atoms with E-state index in [0.717, 1.165) is 49.7 Å². The number of aromatic nitrogens is 3. The summed E-state index contributed by atoms with van der Waals surface area (Å²) in [6.07, 6.45) is 6.85. The number of rotatable bonds is 7. The summed E-state index contributed by atoms with van der Waals surface area (Å²) < 4.78 is 29.6. The van der Waals surface area contributed by atoms with Crippen molar-refractivity contribution in [2.75, 3.05) is 39.5 Å². The number of hydrogen-bond acceptors (Lipinski definition) is 7. The Morgan fingerprint density at radius 1 is 1.11 bits per heavy atom. The monoisotopic (exact) mass is 511 g/mol. The molecule has 2 N–H and O–H groups in total. The Hall–Kier alpha value is -3.02. The average Bonchev–Trinajstić information content (AvgIpc) is 3.64. The number of nitrogens with zero attached hydrogens (tertiary/aromatic N) is 5. The molecule has 36 heavy (non-hydrogen) atoms. The number of likely N-dealkylation sites (N-methyl/N-ethyl adjacent to an activating group) is 1. The zero-order valence-electron chi connectivity index (χ0n) is 20.9. The number of anilines is 2. The summed E-state index contributed by atoms with van der Waals surface area (Å²) in [4.78, 5) is 23.9. The summed E-state index contributed by atoms with van der Waals surface area (Å²) in [5.41, 5.74) is 2.04. The van der Waals surface area contributed by atoms with E-state index in [1.807, 2.05) is 6.07 Å². The Bertz CT molecular complexity index is 1360. The van der Waals surface area contributed by atoms with Crippen molar-refractivity contribution in [3.05, 3.63) is 42.2 Å². The fourth-order valence-corrected chi connectivity index (χ4v) is 6.53. The maximum absolute atomic E-state index is 13.0. The van der Waals surface area contributed by atoms with Crippen molar-refractivity contribution in [1.29, 1.82) is 0 Å². The van der Waals surface area contributed by atoms with Gasteiger partial charge in [0.15, 0.2) is 0 Å². The summed E-state index contributed by atoms with van der Waals surface area (Å²) in [6, 6.07) is 8.72. The summed E-state index contributed by atoms with van der Waals surface area (Å²) >= 11 is 0. The molecule has 192 valence electrons. The van der Waals surface area contributed by atoms with Crippen molar-refractivity contribution in [2.24, 2.45) is 0 Å². The minimum atomic E-state index is -3.57. The molecule has 3 heterocycles. The van der Waals surface area contributed by atoms with Crippen molar-refractivity contribution in [3.8, 4) is 0 Å². The fraction of sp³-hybridized carbons (Fsp3) is 0.480. The normalized spacial score (nSPS) is 18.8. The van der Waals surface area contributed by atoms with E-state index in [-0.39, 0.29) is 22.9 Å². The Morgan fingerprint density at radius 2 is 1.83 bits per heavy atom. The molecule has 0 bridgehead atoms. The number of carbonyl (C=O) groups excluding carboxylic acids is 1. The SMILES string of the molecule is CN(C)C(=O)c1cc2cnc(Nc3ccc(S(=O)(=O)N(C)C4CCNC4)cc3)nc2n1C1CCCC1. The van der Waals surface area contributed by atoms with E-state index in [1.54, 1.807) is 56.5 Å². The van der Waals surface area contributed by atoms with Crippen LogP contribution in [0.15, 0.2) is 41.4 Å². The summed E-state index contributed by atoms with van der Waals surface area (Å²) in [5, 5.41) is 7.22. The largest absolute Gasteiger partial charge is 0.343 e. The van der Waals surface area contributed by atoms with Gasteiger partial charge in [0.1, 0.15) is 11.3 Å². The van der Waals surface area contributed by atoms with Crippen LogP contribution in [-0.2, 0) is 10.0 Å². The smallest absolute Gasteiger partial charge is 0.270 e. The van der Waals surface area contributed by atoms with Crippen LogP contribution >= 0.6 is 0 Å².